The van der Waals surface area contributed by atoms with Crippen LogP contribution in [0.1, 0.15) is 31.1 Å². The van der Waals surface area contributed by atoms with Crippen molar-refractivity contribution >= 4 is 151 Å². The van der Waals surface area contributed by atoms with Crippen LogP contribution in [-0.2, 0) is 24.0 Å². The van der Waals surface area contributed by atoms with Crippen LogP contribution in [-0.4, -0.2) is 111 Å². The molecule has 23 heteroatoms. The highest BCUT2D eigenvalue weighted by atomic mass is 35.5. The fourth-order valence-electron chi connectivity index (χ4n) is 7.87. The normalized spacial score (nSPS) is 11.2. The van der Waals surface area contributed by atoms with Crippen molar-refractivity contribution in [3.8, 4) is 0 Å². The number of pyridine rings is 3. The molecule has 0 aliphatic heterocycles. The minimum Gasteiger partial charge on any atom is -0.465 e. The number of hydrogen-bond donors (Lipinski definition) is 2. The summed E-state index contributed by atoms with van der Waals surface area (Å²) in [6.07, 6.45) is 9.86. The molecule has 0 spiro atoms. The van der Waals surface area contributed by atoms with Gasteiger partial charge in [-0.05, 0) is 73.2 Å². The van der Waals surface area contributed by atoms with E-state index in [1.54, 1.807) is 60.9 Å². The summed E-state index contributed by atoms with van der Waals surface area (Å²) in [6, 6.07) is 34.4. The van der Waals surface area contributed by atoms with Gasteiger partial charge in [0.1, 0.15) is 16.6 Å². The van der Waals surface area contributed by atoms with Crippen molar-refractivity contribution < 1.29 is 37.0 Å². The van der Waals surface area contributed by atoms with E-state index in [0.29, 0.717) is 77.0 Å². The van der Waals surface area contributed by atoms with E-state index in [9.17, 15) is 22.8 Å². The molecule has 5 aromatic carbocycles. The third-order valence-corrected chi connectivity index (χ3v) is 13.8. The standard InChI is InChI=1S/C20H16N4O4S.C20H16N4O2S.C14H10ClN3O2S/c1-28-19(25)12-8-9-14-15-11-21-20(29(2,26)27)24-17(15)18(23-16(14)10-12)22-13-6-4-3-5-7-13;1-26-19(25)12-8-9-14-15-11-21-20(27-2)24-17(15)18(23-16(14)10-12)22-13-6-4-3-5-7-13;1-20-13(19)7-3-4-8-9-6-16-14(21-2)18-11(9)12(15)17-10(8)5-7/h3-11H,1-2H3,(H,22,23);3-11H,1-2H3,(H,22,23);3-6H,1-2H3. The van der Waals surface area contributed by atoms with Crippen LogP contribution in [0.25, 0.3) is 65.4 Å². The van der Waals surface area contributed by atoms with E-state index in [2.05, 4.69) is 50.5 Å². The molecule has 77 heavy (non-hydrogen) atoms. The molecule has 0 amide bonds. The van der Waals surface area contributed by atoms with Gasteiger partial charge in [0.25, 0.3) is 0 Å². The number of para-hydroxylation sites is 2. The first-order chi connectivity index (χ1) is 37.2. The van der Waals surface area contributed by atoms with Crippen molar-refractivity contribution in [2.75, 3.05) is 50.7 Å². The molecular formula is C54H42ClN11O8S3. The number of fused-ring (bicyclic) bond motifs is 9. The third kappa shape index (κ3) is 11.6. The molecule has 0 radical (unpaired) electrons. The number of carbonyl (C=O) groups excluding carboxylic acids is 3. The summed E-state index contributed by atoms with van der Waals surface area (Å²) in [4.78, 5) is 75.0. The van der Waals surface area contributed by atoms with Gasteiger partial charge >= 0.3 is 17.9 Å². The number of aromatic nitrogens is 9. The molecule has 6 aromatic heterocycles. The molecule has 0 unspecified atom stereocenters. The number of esters is 3. The van der Waals surface area contributed by atoms with E-state index in [1.807, 2.05) is 79.2 Å². The van der Waals surface area contributed by atoms with Gasteiger partial charge in [0.05, 0.1) is 54.6 Å². The highest BCUT2D eigenvalue weighted by Gasteiger charge is 2.19. The topological polar surface area (TPSA) is 253 Å². The van der Waals surface area contributed by atoms with Crippen molar-refractivity contribution in [1.82, 2.24) is 44.9 Å². The van der Waals surface area contributed by atoms with Gasteiger partial charge < -0.3 is 24.8 Å². The molecule has 0 bridgehead atoms. The highest BCUT2D eigenvalue weighted by molar-refractivity contribution is 7.98. The lowest BCUT2D eigenvalue weighted by atomic mass is 10.1. The lowest BCUT2D eigenvalue weighted by Gasteiger charge is -2.12. The quantitative estimate of drug-likeness (QED) is 0.0322. The number of methoxy groups -OCH3 is 3. The van der Waals surface area contributed by atoms with Crippen LogP contribution in [0, 0.1) is 0 Å². The highest BCUT2D eigenvalue weighted by Crippen LogP contribution is 2.34. The summed E-state index contributed by atoms with van der Waals surface area (Å²) in [5.41, 5.74) is 6.39. The Labute approximate surface area is 452 Å². The molecule has 0 aliphatic carbocycles. The average Bonchev–Trinajstić information content (AvgIpc) is 3.48. The molecule has 0 atom stereocenters. The molecule has 2 N–H and O–H groups in total. The largest absolute Gasteiger partial charge is 0.465 e. The van der Waals surface area contributed by atoms with Crippen LogP contribution >= 0.6 is 35.1 Å². The van der Waals surface area contributed by atoms with E-state index >= 15 is 0 Å². The number of sulfone groups is 1. The first-order valence-electron chi connectivity index (χ1n) is 22.8. The predicted molar refractivity (Wildman–Crippen MR) is 300 cm³/mol. The monoisotopic (exact) mass is 1100 g/mol. The maximum Gasteiger partial charge on any atom is 0.337 e. The number of halogens is 1. The number of nitrogens with zero attached hydrogens (tertiary/aromatic N) is 9. The number of thioether (sulfide) groups is 2. The Morgan fingerprint density at radius 3 is 1.26 bits per heavy atom. The second kappa shape index (κ2) is 23.0. The summed E-state index contributed by atoms with van der Waals surface area (Å²) in [5, 5.41) is 12.5. The molecule has 0 saturated heterocycles. The van der Waals surface area contributed by atoms with Crippen molar-refractivity contribution in [3.05, 3.63) is 156 Å². The number of hydrogen-bond acceptors (Lipinski definition) is 21. The molecule has 6 heterocycles. The predicted octanol–water partition coefficient (Wildman–Crippen LogP) is 10.9. The molecular weight excluding hydrogens is 1060 g/mol. The number of nitrogens with one attached hydrogen (secondary N) is 2. The minimum atomic E-state index is -3.60. The van der Waals surface area contributed by atoms with Gasteiger partial charge in [0, 0.05) is 68.5 Å². The maximum absolute atomic E-state index is 11.9. The summed E-state index contributed by atoms with van der Waals surface area (Å²) in [6.45, 7) is 0. The molecule has 11 rings (SSSR count). The Morgan fingerprint density at radius 2 is 0.857 bits per heavy atom. The van der Waals surface area contributed by atoms with Crippen molar-refractivity contribution in [2.24, 2.45) is 0 Å². The Bertz CT molecular complexity index is 4230. The van der Waals surface area contributed by atoms with Crippen LogP contribution in [0.4, 0.5) is 23.0 Å². The van der Waals surface area contributed by atoms with Crippen LogP contribution in [0.2, 0.25) is 5.15 Å². The summed E-state index contributed by atoms with van der Waals surface area (Å²) >= 11 is 9.12. The number of carbonyl (C=O) groups is 3. The second-order valence-electron chi connectivity index (χ2n) is 16.4. The summed E-state index contributed by atoms with van der Waals surface area (Å²) in [5.74, 6) is -0.319. The Kier molecular flexibility index (Phi) is 15.9. The lowest BCUT2D eigenvalue weighted by Crippen LogP contribution is -2.06. The maximum atomic E-state index is 11.9. The molecule has 0 aliphatic rings. The molecule has 0 fully saturated rings. The van der Waals surface area contributed by atoms with Gasteiger partial charge in [-0.1, -0.05) is 89.7 Å². The third-order valence-electron chi connectivity index (χ3n) is 11.5. The lowest BCUT2D eigenvalue weighted by molar-refractivity contribution is 0.0592. The zero-order chi connectivity index (χ0) is 54.4. The summed E-state index contributed by atoms with van der Waals surface area (Å²) < 4.78 is 38.2. The van der Waals surface area contributed by atoms with Gasteiger partial charge in [-0.15, -0.1) is 0 Å². The fourth-order valence-corrected chi connectivity index (χ4v) is 9.29. The summed E-state index contributed by atoms with van der Waals surface area (Å²) in [7, 11) is 0.411. The van der Waals surface area contributed by atoms with E-state index in [-0.39, 0.29) is 10.3 Å². The van der Waals surface area contributed by atoms with Crippen molar-refractivity contribution in [3.63, 3.8) is 0 Å². The van der Waals surface area contributed by atoms with Gasteiger partial charge in [-0.25, -0.2) is 67.7 Å². The SMILES string of the molecule is COC(=O)c1ccc2c(c1)nc(Cl)c1nc(SC)ncc12.COC(=O)c1ccc2c(c1)nc(Nc1ccccc1)c1nc(S(C)(=O)=O)ncc12.COC(=O)c1ccc2c(c1)nc(Nc1ccccc1)c1nc(SC)ncc12. The average molecular weight is 1100 g/mol. The minimum absolute atomic E-state index is 0.284. The number of rotatable bonds is 10. The van der Waals surface area contributed by atoms with Crippen LogP contribution in [0.15, 0.2) is 149 Å². The van der Waals surface area contributed by atoms with E-state index in [0.717, 1.165) is 44.7 Å². The van der Waals surface area contributed by atoms with Gasteiger partial charge in [0.15, 0.2) is 27.1 Å². The zero-order valence-electron chi connectivity index (χ0n) is 41.6. The molecule has 11 aromatic rings. The van der Waals surface area contributed by atoms with Crippen LogP contribution < -0.4 is 10.6 Å². The molecule has 386 valence electrons. The number of ether oxygens (including phenoxy) is 3. The Balaban J connectivity index is 0.000000143. The van der Waals surface area contributed by atoms with E-state index < -0.39 is 27.7 Å². The van der Waals surface area contributed by atoms with E-state index in [4.69, 9.17) is 30.8 Å². The first kappa shape index (κ1) is 53.1. The Morgan fingerprint density at radius 1 is 0.481 bits per heavy atom. The smallest absolute Gasteiger partial charge is 0.337 e. The van der Waals surface area contributed by atoms with Gasteiger partial charge in [0.2, 0.25) is 15.0 Å². The fraction of sp³-hybridized carbons (Fsp3) is 0.111. The van der Waals surface area contributed by atoms with Crippen molar-refractivity contribution in [2.45, 2.75) is 15.5 Å². The van der Waals surface area contributed by atoms with Crippen molar-refractivity contribution in [1.29, 1.82) is 0 Å². The second-order valence-corrected chi connectivity index (χ2v) is 20.2. The number of benzene rings is 5. The van der Waals surface area contributed by atoms with E-state index in [1.165, 1.54) is 51.1 Å². The molecule has 0 saturated carbocycles. The number of anilines is 4. The molecule has 19 nitrogen and oxygen atoms in total. The first-order valence-corrected chi connectivity index (χ1v) is 27.6. The van der Waals surface area contributed by atoms with Gasteiger partial charge in [-0.3, -0.25) is 0 Å². The van der Waals surface area contributed by atoms with Crippen LogP contribution in [0.3, 0.4) is 0 Å². The Hall–Kier alpha value is -8.70. The van der Waals surface area contributed by atoms with Crippen LogP contribution in [0.5, 0.6) is 0 Å². The van der Waals surface area contributed by atoms with Gasteiger partial charge in [-0.2, -0.15) is 0 Å². The zero-order valence-corrected chi connectivity index (χ0v) is 44.8.